The van der Waals surface area contributed by atoms with Gasteiger partial charge in [0, 0.05) is 10.0 Å². The van der Waals surface area contributed by atoms with Gasteiger partial charge in [0.1, 0.15) is 11.6 Å². The zero-order valence-electron chi connectivity index (χ0n) is 10.7. The van der Waals surface area contributed by atoms with Crippen LogP contribution in [-0.2, 0) is 0 Å². The second-order valence-corrected chi connectivity index (χ2v) is 5.95. The Labute approximate surface area is 135 Å². The molecular weight excluding hydrogens is 368 g/mol. The van der Waals surface area contributed by atoms with Crippen molar-refractivity contribution in [2.45, 2.75) is 19.4 Å². The molecule has 0 aliphatic rings. The van der Waals surface area contributed by atoms with Gasteiger partial charge in [-0.15, -0.1) is 0 Å². The quantitative estimate of drug-likeness (QED) is 0.685. The highest BCUT2D eigenvalue weighted by Gasteiger charge is 2.22. The largest absolute Gasteiger partial charge is 0.448 e. The van der Waals surface area contributed by atoms with Gasteiger partial charge in [0.25, 0.3) is 0 Å². The van der Waals surface area contributed by atoms with Crippen LogP contribution in [0.1, 0.15) is 30.7 Å². The standard InChI is InChI=1S/C14H13BrCl2FNO/c1-2-5-19-14(12-3-4-13(17)20-12)8-6-10(16)9(15)7-11(8)18/h3-4,6-7,14,19H,2,5H2,1H3. The van der Waals surface area contributed by atoms with Crippen molar-refractivity contribution in [3.05, 3.63) is 56.1 Å². The Morgan fingerprint density at radius 3 is 2.70 bits per heavy atom. The van der Waals surface area contributed by atoms with E-state index in [0.717, 1.165) is 13.0 Å². The lowest BCUT2D eigenvalue weighted by Gasteiger charge is -2.18. The summed E-state index contributed by atoms with van der Waals surface area (Å²) in [6.45, 7) is 2.75. The molecule has 0 radical (unpaired) electrons. The minimum absolute atomic E-state index is 0.270. The molecule has 0 aliphatic heterocycles. The third kappa shape index (κ3) is 3.55. The van der Waals surface area contributed by atoms with Crippen molar-refractivity contribution in [1.29, 1.82) is 0 Å². The molecule has 108 valence electrons. The molecule has 0 bridgehead atoms. The lowest BCUT2D eigenvalue weighted by molar-refractivity contribution is 0.437. The molecule has 0 saturated carbocycles. The Kier molecular flexibility index (Phi) is 5.49. The minimum Gasteiger partial charge on any atom is -0.448 e. The van der Waals surface area contributed by atoms with Crippen molar-refractivity contribution < 1.29 is 8.81 Å². The van der Waals surface area contributed by atoms with Crippen LogP contribution in [0.2, 0.25) is 10.2 Å². The fourth-order valence-electron chi connectivity index (χ4n) is 1.90. The van der Waals surface area contributed by atoms with Gasteiger partial charge in [-0.05, 0) is 64.8 Å². The van der Waals surface area contributed by atoms with Crippen molar-refractivity contribution in [1.82, 2.24) is 5.32 Å². The second kappa shape index (κ2) is 6.94. The van der Waals surface area contributed by atoms with Gasteiger partial charge in [-0.1, -0.05) is 18.5 Å². The molecule has 2 aromatic rings. The Bertz CT molecular complexity index is 603. The summed E-state index contributed by atoms with van der Waals surface area (Å²) in [5.41, 5.74) is 0.428. The second-order valence-electron chi connectivity index (χ2n) is 4.32. The molecule has 0 amide bonds. The van der Waals surface area contributed by atoms with E-state index in [-0.39, 0.29) is 11.0 Å². The van der Waals surface area contributed by atoms with Gasteiger partial charge >= 0.3 is 0 Å². The summed E-state index contributed by atoms with van der Waals surface area (Å²) in [6.07, 6.45) is 0.914. The first-order valence-corrected chi connectivity index (χ1v) is 7.71. The number of rotatable bonds is 5. The highest BCUT2D eigenvalue weighted by atomic mass is 79.9. The first-order valence-electron chi connectivity index (χ1n) is 6.16. The molecule has 1 atom stereocenters. The minimum atomic E-state index is -0.423. The van der Waals surface area contributed by atoms with Crippen molar-refractivity contribution in [3.63, 3.8) is 0 Å². The van der Waals surface area contributed by atoms with Crippen LogP contribution in [0.4, 0.5) is 4.39 Å². The molecule has 1 N–H and O–H groups in total. The Morgan fingerprint density at radius 2 is 2.10 bits per heavy atom. The fraction of sp³-hybridized carbons (Fsp3) is 0.286. The van der Waals surface area contributed by atoms with Crippen LogP contribution < -0.4 is 5.32 Å². The maximum atomic E-state index is 14.2. The van der Waals surface area contributed by atoms with Crippen LogP contribution in [0.25, 0.3) is 0 Å². The molecule has 0 saturated heterocycles. The summed E-state index contributed by atoms with van der Waals surface area (Å²) in [4.78, 5) is 0. The van der Waals surface area contributed by atoms with Crippen LogP contribution in [0.3, 0.4) is 0 Å². The van der Waals surface area contributed by atoms with E-state index in [1.165, 1.54) is 6.07 Å². The van der Waals surface area contributed by atoms with Crippen molar-refractivity contribution in [2.24, 2.45) is 0 Å². The van der Waals surface area contributed by atoms with E-state index in [4.69, 9.17) is 27.6 Å². The van der Waals surface area contributed by atoms with Gasteiger partial charge in [-0.2, -0.15) is 0 Å². The van der Waals surface area contributed by atoms with Gasteiger partial charge < -0.3 is 9.73 Å². The van der Waals surface area contributed by atoms with Crippen LogP contribution in [0.5, 0.6) is 0 Å². The SMILES string of the molecule is CCCNC(c1ccc(Cl)o1)c1cc(Cl)c(Br)cc1F. The first-order chi connectivity index (χ1) is 9.52. The highest BCUT2D eigenvalue weighted by molar-refractivity contribution is 9.10. The smallest absolute Gasteiger partial charge is 0.193 e. The third-order valence-corrected chi connectivity index (χ3v) is 4.23. The molecule has 2 nitrogen and oxygen atoms in total. The molecule has 20 heavy (non-hydrogen) atoms. The summed E-state index contributed by atoms with van der Waals surface area (Å²) in [6, 6.07) is 5.88. The van der Waals surface area contributed by atoms with Crippen molar-refractivity contribution in [2.75, 3.05) is 6.54 Å². The van der Waals surface area contributed by atoms with Crippen molar-refractivity contribution in [3.8, 4) is 0 Å². The lowest BCUT2D eigenvalue weighted by Crippen LogP contribution is -2.23. The lowest BCUT2D eigenvalue weighted by atomic mass is 10.0. The summed E-state index contributed by atoms with van der Waals surface area (Å²) in [5.74, 6) is 0.197. The molecule has 1 aromatic carbocycles. The average molecular weight is 381 g/mol. The van der Waals surface area contributed by atoms with Crippen LogP contribution in [0.15, 0.2) is 33.2 Å². The topological polar surface area (TPSA) is 25.2 Å². The van der Waals surface area contributed by atoms with E-state index < -0.39 is 6.04 Å². The number of hydrogen-bond donors (Lipinski definition) is 1. The number of hydrogen-bond acceptors (Lipinski definition) is 2. The fourth-order valence-corrected chi connectivity index (χ4v) is 2.53. The maximum Gasteiger partial charge on any atom is 0.193 e. The van der Waals surface area contributed by atoms with E-state index in [9.17, 15) is 4.39 Å². The predicted molar refractivity (Wildman–Crippen MR) is 83.0 cm³/mol. The van der Waals surface area contributed by atoms with Gasteiger partial charge in [0.2, 0.25) is 0 Å². The molecule has 2 rings (SSSR count). The molecule has 0 aliphatic carbocycles. The number of furan rings is 1. The molecule has 6 heteroatoms. The zero-order chi connectivity index (χ0) is 14.7. The first kappa shape index (κ1) is 15.8. The highest BCUT2D eigenvalue weighted by Crippen LogP contribution is 2.33. The van der Waals surface area contributed by atoms with E-state index in [0.29, 0.717) is 20.8 Å². The number of halogens is 4. The van der Waals surface area contributed by atoms with Crippen LogP contribution in [0, 0.1) is 5.82 Å². The van der Waals surface area contributed by atoms with Gasteiger partial charge in [0.05, 0.1) is 11.1 Å². The van der Waals surface area contributed by atoms with E-state index in [2.05, 4.69) is 21.2 Å². The van der Waals surface area contributed by atoms with Gasteiger partial charge in [0.15, 0.2) is 5.22 Å². The molecular formula is C14H13BrCl2FNO. The van der Waals surface area contributed by atoms with E-state index in [1.54, 1.807) is 18.2 Å². The molecule has 1 heterocycles. The van der Waals surface area contributed by atoms with E-state index in [1.807, 2.05) is 6.92 Å². The summed E-state index contributed by atoms with van der Waals surface area (Å²) < 4.78 is 20.1. The van der Waals surface area contributed by atoms with Crippen molar-refractivity contribution >= 4 is 39.1 Å². The van der Waals surface area contributed by atoms with Crippen LogP contribution >= 0.6 is 39.1 Å². The third-order valence-electron chi connectivity index (χ3n) is 2.83. The monoisotopic (exact) mass is 379 g/mol. The number of benzene rings is 1. The molecule has 1 aromatic heterocycles. The Hall–Kier alpha value is -0.550. The Balaban J connectivity index is 2.43. The van der Waals surface area contributed by atoms with Gasteiger partial charge in [-0.3, -0.25) is 0 Å². The Morgan fingerprint density at radius 1 is 1.35 bits per heavy atom. The average Bonchev–Trinajstić information content (AvgIpc) is 2.82. The van der Waals surface area contributed by atoms with E-state index >= 15 is 0 Å². The summed E-state index contributed by atoms with van der Waals surface area (Å²) >= 11 is 15.1. The molecule has 1 unspecified atom stereocenters. The summed E-state index contributed by atoms with van der Waals surface area (Å²) in [5, 5.41) is 3.95. The normalized spacial score (nSPS) is 12.7. The predicted octanol–water partition coefficient (Wildman–Crippen LogP) is 5.58. The summed E-state index contributed by atoms with van der Waals surface area (Å²) in [7, 11) is 0. The molecule has 0 fully saturated rings. The molecule has 0 spiro atoms. The van der Waals surface area contributed by atoms with Gasteiger partial charge in [-0.25, -0.2) is 4.39 Å². The maximum absolute atomic E-state index is 14.2. The van der Waals surface area contributed by atoms with Crippen LogP contribution in [-0.4, -0.2) is 6.54 Å². The zero-order valence-corrected chi connectivity index (χ0v) is 13.8. The number of nitrogens with one attached hydrogen (secondary N) is 1.